The predicted molar refractivity (Wildman–Crippen MR) is 67.7 cm³/mol. The summed E-state index contributed by atoms with van der Waals surface area (Å²) in [5, 5.41) is 8.38. The smallest absolute Gasteiger partial charge is 0.341 e. The van der Waals surface area contributed by atoms with E-state index in [1.54, 1.807) is 0 Å². The Balaban J connectivity index is 1.72. The van der Waals surface area contributed by atoms with Crippen molar-refractivity contribution in [2.24, 2.45) is 11.8 Å². The zero-order valence-corrected chi connectivity index (χ0v) is 11.2. The molecule has 20 heavy (non-hydrogen) atoms. The van der Waals surface area contributed by atoms with Crippen LogP contribution in [0.3, 0.4) is 0 Å². The number of rotatable bonds is 6. The molecule has 6 heteroatoms. The number of hydrogen-bond donors (Lipinski definition) is 1. The second kappa shape index (κ2) is 6.07. The van der Waals surface area contributed by atoms with Gasteiger partial charge in [0.05, 0.1) is 6.42 Å². The monoisotopic (exact) mass is 282 g/mol. The molecule has 0 aliphatic heterocycles. The van der Waals surface area contributed by atoms with Gasteiger partial charge in [-0.1, -0.05) is 6.58 Å². The molecule has 110 valence electrons. The number of fused-ring (bicyclic) bond motifs is 2. The van der Waals surface area contributed by atoms with Crippen molar-refractivity contribution in [3.8, 4) is 0 Å². The molecule has 0 saturated heterocycles. The molecule has 0 aromatic carbocycles. The van der Waals surface area contributed by atoms with Crippen molar-refractivity contribution < 1.29 is 29.0 Å². The van der Waals surface area contributed by atoms with E-state index in [9.17, 15) is 14.4 Å². The van der Waals surface area contributed by atoms with Crippen LogP contribution >= 0.6 is 0 Å². The van der Waals surface area contributed by atoms with Crippen LogP contribution in [0.5, 0.6) is 0 Å². The van der Waals surface area contributed by atoms with Crippen LogP contribution in [0.1, 0.15) is 32.1 Å². The lowest BCUT2D eigenvalue weighted by Crippen LogP contribution is -2.25. The number of ether oxygens (including phenoxy) is 2. The van der Waals surface area contributed by atoms with E-state index in [0.29, 0.717) is 11.8 Å². The molecule has 2 rings (SSSR count). The Morgan fingerprint density at radius 1 is 1.20 bits per heavy atom. The Bertz CT molecular complexity index is 441. The van der Waals surface area contributed by atoms with Gasteiger partial charge in [0, 0.05) is 5.57 Å². The lowest BCUT2D eigenvalue weighted by molar-refractivity contribution is -0.154. The van der Waals surface area contributed by atoms with Gasteiger partial charge in [0.2, 0.25) is 0 Å². The zero-order valence-electron chi connectivity index (χ0n) is 11.2. The normalized spacial score (nSPS) is 27.1. The van der Waals surface area contributed by atoms with Gasteiger partial charge in [0.15, 0.2) is 6.61 Å². The molecule has 2 aliphatic carbocycles. The minimum absolute atomic E-state index is 0.0379. The molecule has 6 nitrogen and oxygen atoms in total. The summed E-state index contributed by atoms with van der Waals surface area (Å²) in [6, 6.07) is 0. The van der Waals surface area contributed by atoms with E-state index in [1.807, 2.05) is 0 Å². The van der Waals surface area contributed by atoms with Gasteiger partial charge in [0.1, 0.15) is 6.10 Å². The van der Waals surface area contributed by atoms with Gasteiger partial charge >= 0.3 is 17.9 Å². The molecule has 0 radical (unpaired) electrons. The quantitative estimate of drug-likeness (QED) is 0.583. The molecule has 0 aromatic heterocycles. The molecule has 0 spiro atoms. The van der Waals surface area contributed by atoms with Crippen LogP contribution in [0, 0.1) is 11.8 Å². The molecule has 1 N–H and O–H groups in total. The SMILES string of the molecule is C=C(CC(=O)OC1CC2CCC1C2)C(=O)OCC(=O)O. The van der Waals surface area contributed by atoms with E-state index >= 15 is 0 Å². The Kier molecular flexibility index (Phi) is 4.42. The van der Waals surface area contributed by atoms with Crippen LogP contribution in [0.25, 0.3) is 0 Å². The zero-order chi connectivity index (χ0) is 14.7. The number of carbonyl (C=O) groups excluding carboxylic acids is 2. The highest BCUT2D eigenvalue weighted by molar-refractivity contribution is 5.94. The van der Waals surface area contributed by atoms with E-state index in [-0.39, 0.29) is 18.1 Å². The first-order valence-corrected chi connectivity index (χ1v) is 6.72. The fraction of sp³-hybridized carbons (Fsp3) is 0.643. The van der Waals surface area contributed by atoms with Crippen molar-refractivity contribution in [3.05, 3.63) is 12.2 Å². The van der Waals surface area contributed by atoms with Crippen LogP contribution in [0.2, 0.25) is 0 Å². The van der Waals surface area contributed by atoms with Crippen molar-refractivity contribution in [2.45, 2.75) is 38.2 Å². The molecule has 0 amide bonds. The summed E-state index contributed by atoms with van der Waals surface area (Å²) < 4.78 is 9.81. The number of aliphatic carboxylic acids is 1. The third-order valence-electron chi connectivity index (χ3n) is 3.93. The lowest BCUT2D eigenvalue weighted by atomic mass is 9.98. The number of carboxylic acid groups (broad SMARTS) is 1. The van der Waals surface area contributed by atoms with Crippen LogP contribution in [0.4, 0.5) is 0 Å². The average Bonchev–Trinajstić information content (AvgIpc) is 2.97. The van der Waals surface area contributed by atoms with Gasteiger partial charge < -0.3 is 14.6 Å². The summed E-state index contributed by atoms with van der Waals surface area (Å²) >= 11 is 0. The summed E-state index contributed by atoms with van der Waals surface area (Å²) in [5.41, 5.74) is -0.0839. The molecule has 2 fully saturated rings. The van der Waals surface area contributed by atoms with Crippen LogP contribution < -0.4 is 0 Å². The molecule has 0 heterocycles. The second-order valence-corrected chi connectivity index (χ2v) is 5.45. The first-order chi connectivity index (χ1) is 9.45. The maximum atomic E-state index is 11.7. The lowest BCUT2D eigenvalue weighted by Gasteiger charge is -2.21. The molecular formula is C14H18O6. The summed E-state index contributed by atoms with van der Waals surface area (Å²) in [6.45, 7) is 2.69. The van der Waals surface area contributed by atoms with E-state index in [1.165, 1.54) is 6.42 Å². The van der Waals surface area contributed by atoms with E-state index in [4.69, 9.17) is 9.84 Å². The van der Waals surface area contributed by atoms with Crippen molar-refractivity contribution in [2.75, 3.05) is 6.61 Å². The Labute approximate surface area is 116 Å². The third-order valence-corrected chi connectivity index (χ3v) is 3.93. The topological polar surface area (TPSA) is 89.9 Å². The highest BCUT2D eigenvalue weighted by atomic mass is 16.6. The van der Waals surface area contributed by atoms with Gasteiger partial charge in [-0.3, -0.25) is 4.79 Å². The van der Waals surface area contributed by atoms with E-state index < -0.39 is 24.5 Å². The van der Waals surface area contributed by atoms with E-state index in [2.05, 4.69) is 11.3 Å². The van der Waals surface area contributed by atoms with Crippen LogP contribution in [0.15, 0.2) is 12.2 Å². The summed E-state index contributed by atoms with van der Waals surface area (Å²) in [7, 11) is 0. The highest BCUT2D eigenvalue weighted by Gasteiger charge is 2.41. The van der Waals surface area contributed by atoms with Crippen molar-refractivity contribution in [3.63, 3.8) is 0 Å². The molecule has 3 atom stereocenters. The summed E-state index contributed by atoms with van der Waals surface area (Å²) in [6.07, 6.45) is 4.05. The first kappa shape index (κ1) is 14.6. The van der Waals surface area contributed by atoms with Gasteiger partial charge in [0.25, 0.3) is 0 Å². The number of carboxylic acids is 1. The van der Waals surface area contributed by atoms with Crippen LogP contribution in [-0.4, -0.2) is 35.7 Å². The van der Waals surface area contributed by atoms with Crippen molar-refractivity contribution >= 4 is 17.9 Å². The summed E-state index contributed by atoms with van der Waals surface area (Å²) in [4.78, 5) is 33.3. The molecular weight excluding hydrogens is 264 g/mol. The Morgan fingerprint density at radius 3 is 2.50 bits per heavy atom. The molecule has 2 aliphatic rings. The molecule has 0 aromatic rings. The van der Waals surface area contributed by atoms with E-state index in [0.717, 1.165) is 19.3 Å². The number of esters is 2. The third kappa shape index (κ3) is 3.59. The minimum Gasteiger partial charge on any atom is -0.479 e. The number of carbonyl (C=O) groups is 3. The van der Waals surface area contributed by atoms with Crippen molar-refractivity contribution in [1.82, 2.24) is 0 Å². The Hall–Kier alpha value is -1.85. The number of hydrogen-bond acceptors (Lipinski definition) is 5. The summed E-state index contributed by atoms with van der Waals surface area (Å²) in [5.74, 6) is -1.51. The Morgan fingerprint density at radius 2 is 1.95 bits per heavy atom. The maximum Gasteiger partial charge on any atom is 0.341 e. The van der Waals surface area contributed by atoms with Gasteiger partial charge in [-0.15, -0.1) is 0 Å². The standard InChI is InChI=1S/C14H18O6/c1-8(14(18)19-7-12(15)16)4-13(17)20-11-6-9-2-3-10(11)5-9/h9-11H,1-7H2,(H,15,16). The maximum absolute atomic E-state index is 11.7. The second-order valence-electron chi connectivity index (χ2n) is 5.45. The first-order valence-electron chi connectivity index (χ1n) is 6.72. The minimum atomic E-state index is -1.25. The van der Waals surface area contributed by atoms with Gasteiger partial charge in [-0.25, -0.2) is 9.59 Å². The van der Waals surface area contributed by atoms with Gasteiger partial charge in [-0.2, -0.15) is 0 Å². The predicted octanol–water partition coefficient (Wildman–Crippen LogP) is 1.29. The average molecular weight is 282 g/mol. The fourth-order valence-corrected chi connectivity index (χ4v) is 3.02. The fourth-order valence-electron chi connectivity index (χ4n) is 3.02. The highest BCUT2D eigenvalue weighted by Crippen LogP contribution is 2.45. The molecule has 2 bridgehead atoms. The largest absolute Gasteiger partial charge is 0.479 e. The van der Waals surface area contributed by atoms with Crippen molar-refractivity contribution in [1.29, 1.82) is 0 Å². The van der Waals surface area contributed by atoms with Gasteiger partial charge in [-0.05, 0) is 37.5 Å². The molecule has 2 saturated carbocycles. The van der Waals surface area contributed by atoms with Crippen LogP contribution in [-0.2, 0) is 23.9 Å². The molecule has 3 unspecified atom stereocenters.